The van der Waals surface area contributed by atoms with Crippen molar-refractivity contribution in [2.75, 3.05) is 18.5 Å². The van der Waals surface area contributed by atoms with Gasteiger partial charge in [0.15, 0.2) is 5.84 Å². The predicted octanol–water partition coefficient (Wildman–Crippen LogP) is 1.83. The van der Waals surface area contributed by atoms with E-state index in [4.69, 9.17) is 10.9 Å². The number of oxime groups is 1. The minimum atomic E-state index is -0.626. The second-order valence-corrected chi connectivity index (χ2v) is 5.74. The van der Waals surface area contributed by atoms with E-state index < -0.39 is 5.60 Å². The monoisotopic (exact) mass is 277 g/mol. The van der Waals surface area contributed by atoms with Crippen LogP contribution in [-0.4, -0.2) is 35.3 Å². The molecule has 5 nitrogen and oxygen atoms in total. The summed E-state index contributed by atoms with van der Waals surface area (Å²) >= 11 is 0. The maximum atomic E-state index is 10.5. The fraction of sp³-hybridized carbons (Fsp3) is 0.533. The predicted molar refractivity (Wildman–Crippen MR) is 80.4 cm³/mol. The van der Waals surface area contributed by atoms with Crippen LogP contribution in [0.1, 0.15) is 36.8 Å². The van der Waals surface area contributed by atoms with Gasteiger partial charge in [-0.15, -0.1) is 0 Å². The van der Waals surface area contributed by atoms with Gasteiger partial charge in [-0.3, -0.25) is 0 Å². The number of nitrogens with two attached hydrogens (primary N) is 1. The second kappa shape index (κ2) is 5.71. The van der Waals surface area contributed by atoms with Crippen LogP contribution in [0.4, 0.5) is 5.69 Å². The van der Waals surface area contributed by atoms with Gasteiger partial charge in [0.2, 0.25) is 0 Å². The molecule has 1 aliphatic carbocycles. The van der Waals surface area contributed by atoms with Gasteiger partial charge in [0.05, 0.1) is 11.3 Å². The molecule has 110 valence electrons. The van der Waals surface area contributed by atoms with Crippen LogP contribution in [0, 0.1) is 6.92 Å². The molecule has 1 aliphatic rings. The van der Waals surface area contributed by atoms with E-state index in [2.05, 4.69) is 5.16 Å². The maximum Gasteiger partial charge on any atom is 0.172 e. The topological polar surface area (TPSA) is 82.1 Å². The average Bonchev–Trinajstić information content (AvgIpc) is 2.83. The van der Waals surface area contributed by atoms with Crippen molar-refractivity contribution in [1.82, 2.24) is 0 Å². The van der Waals surface area contributed by atoms with Gasteiger partial charge >= 0.3 is 0 Å². The van der Waals surface area contributed by atoms with E-state index in [9.17, 15) is 5.11 Å². The number of benzene rings is 1. The Morgan fingerprint density at radius 3 is 2.65 bits per heavy atom. The Morgan fingerprint density at radius 2 is 2.05 bits per heavy atom. The SMILES string of the molecule is Cc1cccc(/C(N)=N/O)c1N(C)CC1(O)CCCC1. The maximum absolute atomic E-state index is 10.5. The van der Waals surface area contributed by atoms with E-state index in [0.717, 1.165) is 36.9 Å². The molecule has 4 N–H and O–H groups in total. The second-order valence-electron chi connectivity index (χ2n) is 5.74. The first-order chi connectivity index (χ1) is 9.47. The minimum absolute atomic E-state index is 0.0916. The van der Waals surface area contributed by atoms with Crippen molar-refractivity contribution in [3.8, 4) is 0 Å². The standard InChI is InChI=1S/C15H23N3O2/c1-11-6-5-7-12(14(16)17-20)13(11)18(2)10-15(19)8-3-4-9-15/h5-7,19-20H,3-4,8-10H2,1-2H3,(H2,16,17). The van der Waals surface area contributed by atoms with Crippen molar-refractivity contribution in [1.29, 1.82) is 0 Å². The van der Waals surface area contributed by atoms with Crippen molar-refractivity contribution in [2.45, 2.75) is 38.2 Å². The van der Waals surface area contributed by atoms with Crippen molar-refractivity contribution in [2.24, 2.45) is 10.9 Å². The molecule has 0 heterocycles. The summed E-state index contributed by atoms with van der Waals surface area (Å²) in [6.07, 6.45) is 3.82. The molecule has 0 unspecified atom stereocenters. The number of aryl methyl sites for hydroxylation is 1. The summed E-state index contributed by atoms with van der Waals surface area (Å²) in [6, 6.07) is 5.69. The van der Waals surface area contributed by atoms with Gasteiger partial charge in [-0.2, -0.15) is 0 Å². The normalized spacial score (nSPS) is 18.2. The molecule has 1 fully saturated rings. The molecule has 0 saturated heterocycles. The Labute approximate surface area is 119 Å². The molecular formula is C15H23N3O2. The molecular weight excluding hydrogens is 254 g/mol. The Morgan fingerprint density at radius 1 is 1.40 bits per heavy atom. The highest BCUT2D eigenvalue weighted by atomic mass is 16.4. The fourth-order valence-corrected chi connectivity index (χ4v) is 3.14. The van der Waals surface area contributed by atoms with Crippen LogP contribution in [0.5, 0.6) is 0 Å². The summed E-state index contributed by atoms with van der Waals surface area (Å²) in [4.78, 5) is 2.01. The van der Waals surface area contributed by atoms with Crippen LogP contribution < -0.4 is 10.6 Å². The zero-order chi connectivity index (χ0) is 14.8. The lowest BCUT2D eigenvalue weighted by atomic mass is 10.00. The lowest BCUT2D eigenvalue weighted by Crippen LogP contribution is -2.40. The first kappa shape index (κ1) is 14.7. The molecule has 0 aliphatic heterocycles. The van der Waals surface area contributed by atoms with Gasteiger partial charge in [0.1, 0.15) is 0 Å². The van der Waals surface area contributed by atoms with Gasteiger partial charge in [-0.1, -0.05) is 30.1 Å². The quantitative estimate of drug-likeness (QED) is 0.339. The molecule has 2 rings (SSSR count). The Hall–Kier alpha value is -1.75. The van der Waals surface area contributed by atoms with Crippen LogP contribution >= 0.6 is 0 Å². The number of amidine groups is 1. The largest absolute Gasteiger partial charge is 0.409 e. The van der Waals surface area contributed by atoms with Gasteiger partial charge in [-0.25, -0.2) is 0 Å². The van der Waals surface area contributed by atoms with E-state index in [-0.39, 0.29) is 5.84 Å². The van der Waals surface area contributed by atoms with E-state index >= 15 is 0 Å². The molecule has 5 heteroatoms. The minimum Gasteiger partial charge on any atom is -0.409 e. The number of likely N-dealkylation sites (N-methyl/N-ethyl adjacent to an activating group) is 1. The van der Waals surface area contributed by atoms with Crippen LogP contribution in [0.15, 0.2) is 23.4 Å². The van der Waals surface area contributed by atoms with Crippen molar-refractivity contribution in [3.63, 3.8) is 0 Å². The summed E-state index contributed by atoms with van der Waals surface area (Å²) in [5.74, 6) is 0.0916. The third kappa shape index (κ3) is 2.88. The number of para-hydroxylation sites is 1. The van der Waals surface area contributed by atoms with Crippen LogP contribution in [0.2, 0.25) is 0 Å². The molecule has 0 bridgehead atoms. The van der Waals surface area contributed by atoms with E-state index in [1.165, 1.54) is 0 Å². The van der Waals surface area contributed by atoms with E-state index in [0.29, 0.717) is 12.1 Å². The highest BCUT2D eigenvalue weighted by molar-refractivity contribution is 6.02. The van der Waals surface area contributed by atoms with E-state index in [1.807, 2.05) is 37.1 Å². The summed E-state index contributed by atoms with van der Waals surface area (Å²) in [7, 11) is 1.94. The molecule has 1 saturated carbocycles. The Kier molecular flexibility index (Phi) is 4.18. The zero-order valence-electron chi connectivity index (χ0n) is 12.1. The number of rotatable bonds is 4. The molecule has 0 radical (unpaired) electrons. The number of hydrogen-bond donors (Lipinski definition) is 3. The lowest BCUT2D eigenvalue weighted by Gasteiger charge is -2.32. The van der Waals surface area contributed by atoms with Crippen LogP contribution in [0.25, 0.3) is 0 Å². The molecule has 1 aromatic rings. The molecule has 0 amide bonds. The third-order valence-corrected chi connectivity index (χ3v) is 4.07. The Bertz CT molecular complexity index is 508. The summed E-state index contributed by atoms with van der Waals surface area (Å²) in [5, 5.41) is 22.6. The van der Waals surface area contributed by atoms with Gasteiger partial charge in [0.25, 0.3) is 0 Å². The lowest BCUT2D eigenvalue weighted by molar-refractivity contribution is 0.0559. The first-order valence-corrected chi connectivity index (χ1v) is 6.98. The van der Waals surface area contributed by atoms with Crippen molar-refractivity contribution >= 4 is 11.5 Å². The summed E-state index contributed by atoms with van der Waals surface area (Å²) in [5.41, 5.74) is 7.77. The van der Waals surface area contributed by atoms with Crippen molar-refractivity contribution < 1.29 is 10.3 Å². The summed E-state index contributed by atoms with van der Waals surface area (Å²) in [6.45, 7) is 2.54. The average molecular weight is 277 g/mol. The molecule has 0 aromatic heterocycles. The highest BCUT2D eigenvalue weighted by Crippen LogP contribution is 2.33. The van der Waals surface area contributed by atoms with Gasteiger partial charge in [-0.05, 0) is 31.4 Å². The Balaban J connectivity index is 2.31. The van der Waals surface area contributed by atoms with Crippen molar-refractivity contribution in [3.05, 3.63) is 29.3 Å². The zero-order valence-corrected chi connectivity index (χ0v) is 12.1. The number of anilines is 1. The number of nitrogens with zero attached hydrogens (tertiary/aromatic N) is 2. The number of aliphatic hydroxyl groups is 1. The number of hydrogen-bond acceptors (Lipinski definition) is 4. The first-order valence-electron chi connectivity index (χ1n) is 6.98. The molecule has 0 atom stereocenters. The molecule has 0 spiro atoms. The molecule has 1 aromatic carbocycles. The smallest absolute Gasteiger partial charge is 0.172 e. The third-order valence-electron chi connectivity index (χ3n) is 4.07. The van der Waals surface area contributed by atoms with Crippen LogP contribution in [-0.2, 0) is 0 Å². The fourth-order valence-electron chi connectivity index (χ4n) is 3.14. The van der Waals surface area contributed by atoms with Gasteiger partial charge < -0.3 is 20.9 Å². The van der Waals surface area contributed by atoms with Crippen LogP contribution in [0.3, 0.4) is 0 Å². The highest BCUT2D eigenvalue weighted by Gasteiger charge is 2.33. The van der Waals surface area contributed by atoms with Gasteiger partial charge in [0, 0.05) is 19.2 Å². The molecule has 20 heavy (non-hydrogen) atoms. The summed E-state index contributed by atoms with van der Waals surface area (Å²) < 4.78 is 0. The van der Waals surface area contributed by atoms with E-state index in [1.54, 1.807) is 0 Å².